The first-order valence-corrected chi connectivity index (χ1v) is 5.64. The van der Waals surface area contributed by atoms with Crippen LogP contribution >= 0.6 is 11.3 Å². The molecule has 3 nitrogen and oxygen atoms in total. The van der Waals surface area contributed by atoms with Crippen molar-refractivity contribution in [2.24, 2.45) is 0 Å². The van der Waals surface area contributed by atoms with Gasteiger partial charge >= 0.3 is 0 Å². The molecule has 0 aliphatic carbocycles. The van der Waals surface area contributed by atoms with Crippen molar-refractivity contribution in [3.63, 3.8) is 0 Å². The molecule has 0 N–H and O–H groups in total. The van der Waals surface area contributed by atoms with Gasteiger partial charge in [-0.1, -0.05) is 0 Å². The lowest BCUT2D eigenvalue weighted by atomic mass is 10.1. The van der Waals surface area contributed by atoms with Crippen LogP contribution in [0.15, 0.2) is 30.5 Å². The van der Waals surface area contributed by atoms with Crippen molar-refractivity contribution < 1.29 is 9.53 Å². The number of thiophene rings is 1. The molecule has 2 heterocycles. The highest BCUT2D eigenvalue weighted by Gasteiger charge is 2.16. The molecular weight excluding hydrogens is 222 g/mol. The summed E-state index contributed by atoms with van der Waals surface area (Å²) in [4.78, 5) is 18.0. The third-order valence-corrected chi connectivity index (χ3v) is 3.17. The van der Waals surface area contributed by atoms with E-state index >= 15 is 0 Å². The summed E-state index contributed by atoms with van der Waals surface area (Å²) >= 11 is 1.48. The first-order chi connectivity index (χ1) is 7.72. The number of rotatable bonds is 3. The standard InChI is InChI=1S/C12H11NO2S/c1-8-5-6-10(16-8)11(14)9-4-3-7-13-12(9)15-2/h3-7H,1-2H3. The number of nitrogens with zero attached hydrogens (tertiary/aromatic N) is 1. The summed E-state index contributed by atoms with van der Waals surface area (Å²) in [6.07, 6.45) is 1.61. The molecule has 82 valence electrons. The van der Waals surface area contributed by atoms with Crippen molar-refractivity contribution in [1.82, 2.24) is 4.98 Å². The van der Waals surface area contributed by atoms with Gasteiger partial charge in [0.1, 0.15) is 0 Å². The second-order valence-electron chi connectivity index (χ2n) is 3.30. The Morgan fingerprint density at radius 1 is 1.38 bits per heavy atom. The number of hydrogen-bond donors (Lipinski definition) is 0. The fourth-order valence-corrected chi connectivity index (χ4v) is 2.24. The third-order valence-electron chi connectivity index (χ3n) is 2.17. The van der Waals surface area contributed by atoms with Crippen LogP contribution in [0.4, 0.5) is 0 Å². The van der Waals surface area contributed by atoms with E-state index in [9.17, 15) is 4.79 Å². The molecule has 0 fully saturated rings. The first kappa shape index (κ1) is 10.8. The predicted molar refractivity (Wildman–Crippen MR) is 63.3 cm³/mol. The van der Waals surface area contributed by atoms with E-state index in [0.29, 0.717) is 16.3 Å². The summed E-state index contributed by atoms with van der Waals surface area (Å²) < 4.78 is 5.07. The minimum Gasteiger partial charge on any atom is -0.480 e. The minimum absolute atomic E-state index is 0.0388. The molecule has 0 spiro atoms. The summed E-state index contributed by atoms with van der Waals surface area (Å²) in [6.45, 7) is 1.97. The van der Waals surface area contributed by atoms with E-state index in [-0.39, 0.29) is 5.78 Å². The zero-order chi connectivity index (χ0) is 11.5. The normalized spacial score (nSPS) is 10.1. The van der Waals surface area contributed by atoms with E-state index in [2.05, 4.69) is 4.98 Å². The van der Waals surface area contributed by atoms with E-state index in [1.54, 1.807) is 18.3 Å². The molecule has 0 amide bonds. The van der Waals surface area contributed by atoms with Crippen molar-refractivity contribution in [3.8, 4) is 5.88 Å². The molecule has 0 saturated heterocycles. The maximum absolute atomic E-state index is 12.1. The zero-order valence-electron chi connectivity index (χ0n) is 9.06. The second-order valence-corrected chi connectivity index (χ2v) is 4.59. The highest BCUT2D eigenvalue weighted by Crippen LogP contribution is 2.23. The van der Waals surface area contributed by atoms with Crippen molar-refractivity contribution in [2.45, 2.75) is 6.92 Å². The highest BCUT2D eigenvalue weighted by atomic mass is 32.1. The average molecular weight is 233 g/mol. The van der Waals surface area contributed by atoms with Crippen LogP contribution < -0.4 is 4.74 Å². The lowest BCUT2D eigenvalue weighted by Crippen LogP contribution is -2.03. The van der Waals surface area contributed by atoms with Crippen LogP contribution in [0.1, 0.15) is 20.1 Å². The van der Waals surface area contributed by atoms with Crippen LogP contribution in [0, 0.1) is 6.92 Å². The van der Waals surface area contributed by atoms with Crippen LogP contribution in [-0.2, 0) is 0 Å². The van der Waals surface area contributed by atoms with Crippen LogP contribution in [0.3, 0.4) is 0 Å². The molecule has 2 aromatic heterocycles. The number of aryl methyl sites for hydroxylation is 1. The minimum atomic E-state index is -0.0388. The average Bonchev–Trinajstić information content (AvgIpc) is 2.75. The Morgan fingerprint density at radius 3 is 2.81 bits per heavy atom. The maximum atomic E-state index is 12.1. The second kappa shape index (κ2) is 4.45. The molecule has 0 aliphatic rings. The molecule has 0 aliphatic heterocycles. The first-order valence-electron chi connectivity index (χ1n) is 4.82. The number of aromatic nitrogens is 1. The van der Waals surface area contributed by atoms with Crippen molar-refractivity contribution in [2.75, 3.05) is 7.11 Å². The highest BCUT2D eigenvalue weighted by molar-refractivity contribution is 7.14. The van der Waals surface area contributed by atoms with Crippen LogP contribution in [0.25, 0.3) is 0 Å². The van der Waals surface area contributed by atoms with E-state index < -0.39 is 0 Å². The molecule has 0 radical (unpaired) electrons. The van der Waals surface area contributed by atoms with Gasteiger partial charge in [0.05, 0.1) is 17.6 Å². The smallest absolute Gasteiger partial charge is 0.224 e. The maximum Gasteiger partial charge on any atom is 0.224 e. The number of carbonyl (C=O) groups is 1. The molecular formula is C12H11NO2S. The number of methoxy groups -OCH3 is 1. The number of hydrogen-bond acceptors (Lipinski definition) is 4. The van der Waals surface area contributed by atoms with E-state index in [1.165, 1.54) is 18.4 Å². The van der Waals surface area contributed by atoms with Crippen molar-refractivity contribution in [1.29, 1.82) is 0 Å². The van der Waals surface area contributed by atoms with E-state index in [4.69, 9.17) is 4.74 Å². The largest absolute Gasteiger partial charge is 0.480 e. The Morgan fingerprint density at radius 2 is 2.19 bits per heavy atom. The van der Waals surface area contributed by atoms with Gasteiger partial charge in [-0.15, -0.1) is 11.3 Å². The Balaban J connectivity index is 2.41. The summed E-state index contributed by atoms with van der Waals surface area (Å²) in [5.74, 6) is 0.335. The molecule has 0 bridgehead atoms. The Bertz CT molecular complexity index is 519. The molecule has 0 atom stereocenters. The Hall–Kier alpha value is -1.68. The van der Waals surface area contributed by atoms with Gasteiger partial charge in [-0.05, 0) is 31.2 Å². The fraction of sp³-hybridized carbons (Fsp3) is 0.167. The van der Waals surface area contributed by atoms with Gasteiger partial charge in [-0.2, -0.15) is 0 Å². The van der Waals surface area contributed by atoms with Gasteiger partial charge in [0, 0.05) is 11.1 Å². The molecule has 0 saturated carbocycles. The van der Waals surface area contributed by atoms with Crippen molar-refractivity contribution >= 4 is 17.1 Å². The lowest BCUT2D eigenvalue weighted by molar-refractivity contribution is 0.103. The summed E-state index contributed by atoms with van der Waals surface area (Å²) in [7, 11) is 1.51. The monoisotopic (exact) mass is 233 g/mol. The van der Waals surface area contributed by atoms with E-state index in [0.717, 1.165) is 4.88 Å². The van der Waals surface area contributed by atoms with Gasteiger partial charge < -0.3 is 4.74 Å². The van der Waals surface area contributed by atoms with Gasteiger partial charge in [-0.3, -0.25) is 4.79 Å². The fourth-order valence-electron chi connectivity index (χ4n) is 1.42. The summed E-state index contributed by atoms with van der Waals surface area (Å²) in [5, 5.41) is 0. The predicted octanol–water partition coefficient (Wildman–Crippen LogP) is 2.69. The van der Waals surface area contributed by atoms with Crippen LogP contribution in [0.5, 0.6) is 5.88 Å². The van der Waals surface area contributed by atoms with Crippen LogP contribution in [-0.4, -0.2) is 17.9 Å². The summed E-state index contributed by atoms with van der Waals surface area (Å²) in [6, 6.07) is 7.22. The molecule has 0 unspecified atom stereocenters. The molecule has 4 heteroatoms. The lowest BCUT2D eigenvalue weighted by Gasteiger charge is -2.03. The quantitative estimate of drug-likeness (QED) is 0.765. The topological polar surface area (TPSA) is 39.2 Å². The third kappa shape index (κ3) is 1.97. The van der Waals surface area contributed by atoms with Gasteiger partial charge in [0.25, 0.3) is 0 Å². The SMILES string of the molecule is COc1ncccc1C(=O)c1ccc(C)s1. The van der Waals surface area contributed by atoms with Gasteiger partial charge in [0.15, 0.2) is 0 Å². The Kier molecular flexibility index (Phi) is 3.01. The van der Waals surface area contributed by atoms with Crippen molar-refractivity contribution in [3.05, 3.63) is 45.8 Å². The van der Waals surface area contributed by atoms with Gasteiger partial charge in [-0.25, -0.2) is 4.98 Å². The van der Waals surface area contributed by atoms with E-state index in [1.807, 2.05) is 19.1 Å². The number of ketones is 1. The zero-order valence-corrected chi connectivity index (χ0v) is 9.88. The molecule has 2 rings (SSSR count). The number of ether oxygens (including phenoxy) is 1. The molecule has 16 heavy (non-hydrogen) atoms. The molecule has 0 aromatic carbocycles. The summed E-state index contributed by atoms with van der Waals surface area (Å²) in [5.41, 5.74) is 0.506. The number of pyridine rings is 1. The van der Waals surface area contributed by atoms with Crippen LogP contribution in [0.2, 0.25) is 0 Å². The van der Waals surface area contributed by atoms with Gasteiger partial charge in [0.2, 0.25) is 11.7 Å². The molecule has 2 aromatic rings. The Labute approximate surface area is 97.7 Å². The number of carbonyl (C=O) groups excluding carboxylic acids is 1.